The molecule has 126 valence electrons. The molecule has 7 nitrogen and oxygen atoms in total. The largest absolute Gasteiger partial charge is 0.297 e. The van der Waals surface area contributed by atoms with Crippen molar-refractivity contribution >= 4 is 28.5 Å². The average molecular weight is 352 g/mol. The third kappa shape index (κ3) is 4.16. The van der Waals surface area contributed by atoms with E-state index in [2.05, 4.69) is 25.8 Å². The van der Waals surface area contributed by atoms with E-state index in [9.17, 15) is 4.79 Å². The molecule has 0 radical (unpaired) electrons. The molecule has 0 aliphatic heterocycles. The van der Waals surface area contributed by atoms with E-state index in [1.165, 1.54) is 30.3 Å². The lowest BCUT2D eigenvalue weighted by Gasteiger charge is -1.98. The predicted octanol–water partition coefficient (Wildman–Crippen LogP) is 2.71. The number of aromatic nitrogens is 5. The van der Waals surface area contributed by atoms with Crippen LogP contribution in [0.4, 0.5) is 5.13 Å². The van der Waals surface area contributed by atoms with Gasteiger partial charge in [0, 0.05) is 12.0 Å². The predicted molar refractivity (Wildman–Crippen MR) is 95.1 cm³/mol. The van der Waals surface area contributed by atoms with Gasteiger partial charge < -0.3 is 0 Å². The smallest absolute Gasteiger partial charge is 0.250 e. The van der Waals surface area contributed by atoms with Gasteiger partial charge in [-0.05, 0) is 24.5 Å². The van der Waals surface area contributed by atoms with Gasteiger partial charge in [0.05, 0.1) is 12.7 Å². The van der Waals surface area contributed by atoms with E-state index in [0.29, 0.717) is 23.3 Å². The summed E-state index contributed by atoms with van der Waals surface area (Å²) in [5.41, 5.74) is 1.77. The molecule has 3 aromatic rings. The van der Waals surface area contributed by atoms with Gasteiger partial charge in [0.2, 0.25) is 11.0 Å². The molecule has 0 saturated heterocycles. The zero-order valence-corrected chi connectivity index (χ0v) is 14.2. The lowest BCUT2D eigenvalue weighted by atomic mass is 10.2. The second kappa shape index (κ2) is 6.94. The van der Waals surface area contributed by atoms with Crippen molar-refractivity contribution in [1.29, 1.82) is 0 Å². The quantitative estimate of drug-likeness (QED) is 0.690. The summed E-state index contributed by atoms with van der Waals surface area (Å²) in [7, 11) is 0. The fraction of sp³-hybridized carbons (Fsp3) is 0.235. The van der Waals surface area contributed by atoms with E-state index in [1.807, 2.05) is 30.3 Å². The van der Waals surface area contributed by atoms with Crippen LogP contribution in [0.3, 0.4) is 0 Å². The molecule has 0 bridgehead atoms. The van der Waals surface area contributed by atoms with Crippen molar-refractivity contribution in [2.24, 2.45) is 0 Å². The van der Waals surface area contributed by atoms with Crippen LogP contribution in [0, 0.1) is 0 Å². The highest BCUT2D eigenvalue weighted by atomic mass is 32.1. The lowest BCUT2D eigenvalue weighted by molar-refractivity contribution is -0.111. The van der Waals surface area contributed by atoms with Crippen LogP contribution in [0.5, 0.6) is 0 Å². The first-order valence-electron chi connectivity index (χ1n) is 8.03. The third-order valence-corrected chi connectivity index (χ3v) is 4.75. The normalized spacial score (nSPS) is 14.1. The lowest BCUT2D eigenvalue weighted by Crippen LogP contribution is -2.07. The average Bonchev–Trinajstić information content (AvgIpc) is 3.21. The maximum Gasteiger partial charge on any atom is 0.250 e. The van der Waals surface area contributed by atoms with Crippen LogP contribution >= 0.6 is 11.3 Å². The molecule has 0 atom stereocenters. The molecule has 1 amide bonds. The number of rotatable bonds is 6. The fourth-order valence-corrected chi connectivity index (χ4v) is 3.24. The van der Waals surface area contributed by atoms with Gasteiger partial charge in [-0.1, -0.05) is 46.9 Å². The molecule has 1 N–H and O–H groups in total. The minimum absolute atomic E-state index is 0.254. The summed E-state index contributed by atoms with van der Waals surface area (Å²) >= 11 is 1.44. The van der Waals surface area contributed by atoms with Crippen molar-refractivity contribution in [1.82, 2.24) is 25.2 Å². The Hall–Kier alpha value is -2.87. The van der Waals surface area contributed by atoms with E-state index in [-0.39, 0.29) is 5.91 Å². The van der Waals surface area contributed by atoms with E-state index < -0.39 is 0 Å². The minimum Gasteiger partial charge on any atom is -0.297 e. The van der Waals surface area contributed by atoms with Crippen LogP contribution in [-0.2, 0) is 11.3 Å². The zero-order chi connectivity index (χ0) is 17.1. The number of hydrogen-bond donors (Lipinski definition) is 1. The summed E-state index contributed by atoms with van der Waals surface area (Å²) in [5, 5.41) is 20.5. The number of benzene rings is 1. The first kappa shape index (κ1) is 15.6. The Balaban J connectivity index is 1.33. The number of nitrogens with one attached hydrogen (secondary N) is 1. The van der Waals surface area contributed by atoms with Crippen molar-refractivity contribution in [2.75, 3.05) is 5.32 Å². The summed E-state index contributed by atoms with van der Waals surface area (Å²) < 4.78 is 1.74. The van der Waals surface area contributed by atoms with Gasteiger partial charge in [-0.2, -0.15) is 0 Å². The monoisotopic (exact) mass is 352 g/mol. The van der Waals surface area contributed by atoms with Crippen LogP contribution in [0.2, 0.25) is 0 Å². The molecule has 2 heterocycles. The van der Waals surface area contributed by atoms with Crippen LogP contribution in [0.15, 0.2) is 42.6 Å². The van der Waals surface area contributed by atoms with Crippen LogP contribution in [0.25, 0.3) is 6.08 Å². The van der Waals surface area contributed by atoms with Crippen molar-refractivity contribution < 1.29 is 4.79 Å². The molecule has 0 unspecified atom stereocenters. The molecular formula is C17H16N6OS. The molecule has 25 heavy (non-hydrogen) atoms. The number of nitrogens with zero attached hydrogens (tertiary/aromatic N) is 5. The maximum absolute atomic E-state index is 12.0. The Kier molecular flexibility index (Phi) is 4.34. The first-order valence-corrected chi connectivity index (χ1v) is 8.84. The van der Waals surface area contributed by atoms with Gasteiger partial charge in [-0.15, -0.1) is 15.3 Å². The van der Waals surface area contributed by atoms with Crippen LogP contribution in [0.1, 0.15) is 35.0 Å². The zero-order valence-electron chi connectivity index (χ0n) is 13.4. The molecule has 1 aromatic carbocycles. The molecule has 1 aliphatic carbocycles. The summed E-state index contributed by atoms with van der Waals surface area (Å²) in [6.45, 7) is 0.641. The van der Waals surface area contributed by atoms with Crippen molar-refractivity contribution in [2.45, 2.75) is 25.3 Å². The molecule has 1 saturated carbocycles. The van der Waals surface area contributed by atoms with E-state index in [4.69, 9.17) is 0 Å². The molecule has 2 aromatic heterocycles. The second-order valence-corrected chi connectivity index (χ2v) is 6.88. The summed E-state index contributed by atoms with van der Waals surface area (Å²) in [6.07, 6.45) is 7.19. The van der Waals surface area contributed by atoms with Crippen molar-refractivity contribution in [3.05, 3.63) is 58.9 Å². The van der Waals surface area contributed by atoms with Gasteiger partial charge in [-0.3, -0.25) is 10.1 Å². The number of carbonyl (C=O) groups excluding carboxylic acids is 1. The molecular weight excluding hydrogens is 336 g/mol. The van der Waals surface area contributed by atoms with Crippen LogP contribution < -0.4 is 5.32 Å². The van der Waals surface area contributed by atoms with E-state index >= 15 is 0 Å². The second-order valence-electron chi connectivity index (χ2n) is 5.87. The molecule has 0 spiro atoms. The Morgan fingerprint density at radius 3 is 2.88 bits per heavy atom. The van der Waals surface area contributed by atoms with Crippen molar-refractivity contribution in [3.8, 4) is 0 Å². The van der Waals surface area contributed by atoms with Gasteiger partial charge >= 0.3 is 0 Å². The van der Waals surface area contributed by atoms with E-state index in [0.717, 1.165) is 10.6 Å². The van der Waals surface area contributed by atoms with Crippen molar-refractivity contribution in [3.63, 3.8) is 0 Å². The van der Waals surface area contributed by atoms with Gasteiger partial charge in [0.25, 0.3) is 0 Å². The Morgan fingerprint density at radius 2 is 2.08 bits per heavy atom. The Bertz CT molecular complexity index is 897. The summed E-state index contributed by atoms with van der Waals surface area (Å²) in [6, 6.07) is 10.0. The van der Waals surface area contributed by atoms with Gasteiger partial charge in [0.15, 0.2) is 0 Å². The first-order chi connectivity index (χ1) is 12.3. The van der Waals surface area contributed by atoms with E-state index in [1.54, 1.807) is 17.0 Å². The summed E-state index contributed by atoms with van der Waals surface area (Å²) in [4.78, 5) is 12.0. The van der Waals surface area contributed by atoms with Gasteiger partial charge in [0.1, 0.15) is 10.7 Å². The minimum atomic E-state index is -0.254. The highest BCUT2D eigenvalue weighted by Gasteiger charge is 2.27. The maximum atomic E-state index is 12.0. The fourth-order valence-electron chi connectivity index (χ4n) is 2.33. The number of carbonyl (C=O) groups is 1. The Morgan fingerprint density at radius 1 is 1.24 bits per heavy atom. The van der Waals surface area contributed by atoms with Gasteiger partial charge in [-0.25, -0.2) is 4.68 Å². The molecule has 1 aliphatic rings. The number of amides is 1. The third-order valence-electron chi connectivity index (χ3n) is 3.75. The van der Waals surface area contributed by atoms with Crippen LogP contribution in [-0.4, -0.2) is 31.1 Å². The highest BCUT2D eigenvalue weighted by Crippen LogP contribution is 2.41. The topological polar surface area (TPSA) is 85.6 Å². The highest BCUT2D eigenvalue weighted by molar-refractivity contribution is 7.15. The Labute approximate surface area is 148 Å². The SMILES string of the molecule is O=C(/C=C/c1cn(Cc2ccccc2)nn1)Nc1nnc(C2CC2)s1. The summed E-state index contributed by atoms with van der Waals surface area (Å²) in [5.74, 6) is 0.287. The number of hydrogen-bond acceptors (Lipinski definition) is 6. The molecule has 8 heteroatoms. The standard InChI is InChI=1S/C17H16N6OS/c24-15(18-17-21-20-16(25-17)13-6-7-13)9-8-14-11-23(22-19-14)10-12-4-2-1-3-5-12/h1-5,8-9,11,13H,6-7,10H2,(H,18,21,24)/b9-8+. The number of anilines is 1. The molecule has 4 rings (SSSR count). The molecule has 1 fully saturated rings.